The molecule has 24 heavy (non-hydrogen) atoms. The highest BCUT2D eigenvalue weighted by Crippen LogP contribution is 2.24. The molecule has 0 aliphatic heterocycles. The Morgan fingerprint density at radius 2 is 2.00 bits per heavy atom. The maximum Gasteiger partial charge on any atom is 0.224 e. The average molecular weight is 319 g/mol. The van der Waals surface area contributed by atoms with E-state index in [1.807, 2.05) is 24.3 Å². The molecule has 0 spiro atoms. The smallest absolute Gasteiger partial charge is 0.224 e. The molecule has 0 radical (unpaired) electrons. The van der Waals surface area contributed by atoms with Crippen molar-refractivity contribution in [2.75, 3.05) is 10.6 Å². The molecule has 0 atom stereocenters. The van der Waals surface area contributed by atoms with Crippen LogP contribution in [0.3, 0.4) is 0 Å². The first kappa shape index (κ1) is 16.0. The van der Waals surface area contributed by atoms with Crippen molar-refractivity contribution in [2.45, 2.75) is 38.3 Å². The van der Waals surface area contributed by atoms with Gasteiger partial charge in [-0.05, 0) is 24.5 Å². The summed E-state index contributed by atoms with van der Waals surface area (Å²) in [4.78, 5) is 8.97. The summed E-state index contributed by atoms with van der Waals surface area (Å²) in [5, 5.41) is 15.5. The molecule has 0 amide bonds. The molecule has 3 rings (SSSR count). The van der Waals surface area contributed by atoms with E-state index in [4.69, 9.17) is 5.26 Å². The van der Waals surface area contributed by atoms with E-state index in [1.54, 1.807) is 12.3 Å². The number of hydrogen-bond acceptors (Lipinski definition) is 5. The van der Waals surface area contributed by atoms with Gasteiger partial charge in [-0.1, -0.05) is 43.2 Å². The highest BCUT2D eigenvalue weighted by molar-refractivity contribution is 5.65. The first-order valence-electron chi connectivity index (χ1n) is 8.32. The second-order valence-electron chi connectivity index (χ2n) is 5.92. The van der Waals surface area contributed by atoms with Gasteiger partial charge < -0.3 is 10.6 Å². The van der Waals surface area contributed by atoms with Crippen molar-refractivity contribution < 1.29 is 0 Å². The van der Waals surface area contributed by atoms with Crippen LogP contribution >= 0.6 is 0 Å². The number of anilines is 2. The number of nitrogens with one attached hydrogen (secondary N) is 2. The third-order valence-corrected chi connectivity index (χ3v) is 4.14. The molecule has 2 N–H and O–H groups in total. The normalized spacial score (nSPS) is 14.6. The highest BCUT2D eigenvalue weighted by Gasteiger charge is 2.16. The van der Waals surface area contributed by atoms with E-state index >= 15 is 0 Å². The second kappa shape index (κ2) is 8.11. The van der Waals surface area contributed by atoms with Crippen LogP contribution in [0.2, 0.25) is 0 Å². The summed E-state index contributed by atoms with van der Waals surface area (Å²) in [6.45, 7) is 0.678. The number of allylic oxidation sites excluding steroid dienone is 1. The fourth-order valence-electron chi connectivity index (χ4n) is 2.88. The fourth-order valence-corrected chi connectivity index (χ4v) is 2.88. The number of nitriles is 1. The Morgan fingerprint density at radius 1 is 1.21 bits per heavy atom. The van der Waals surface area contributed by atoms with Gasteiger partial charge in [-0.2, -0.15) is 10.2 Å². The van der Waals surface area contributed by atoms with Crippen molar-refractivity contribution in [3.63, 3.8) is 0 Å². The molecule has 1 fully saturated rings. The molecule has 0 bridgehead atoms. The van der Waals surface area contributed by atoms with Gasteiger partial charge in [0.05, 0.1) is 6.07 Å². The van der Waals surface area contributed by atoms with Crippen molar-refractivity contribution in [2.24, 2.45) is 0 Å². The predicted octanol–water partition coefficient (Wildman–Crippen LogP) is 3.98. The third-order valence-electron chi connectivity index (χ3n) is 4.14. The standard InChI is InChI=1S/C19H21N5/c20-12-6-9-16-14-22-19(21-13-15-7-2-1-3-8-15)24-18(16)23-17-10-4-5-11-17/h1-3,6-9,14,17H,4-5,10-11,13H2,(H2,21,22,23,24). The van der Waals surface area contributed by atoms with Crippen molar-refractivity contribution >= 4 is 17.8 Å². The highest BCUT2D eigenvalue weighted by atomic mass is 15.1. The Hall–Kier alpha value is -2.87. The Labute approximate surface area is 142 Å². The zero-order valence-electron chi connectivity index (χ0n) is 13.6. The molecule has 1 aliphatic rings. The summed E-state index contributed by atoms with van der Waals surface area (Å²) in [5.74, 6) is 1.38. The number of aromatic nitrogens is 2. The summed E-state index contributed by atoms with van der Waals surface area (Å²) < 4.78 is 0. The quantitative estimate of drug-likeness (QED) is 0.788. The van der Waals surface area contributed by atoms with Gasteiger partial charge in [0.1, 0.15) is 5.82 Å². The Bertz CT molecular complexity index is 727. The molecule has 5 nitrogen and oxygen atoms in total. The van der Waals surface area contributed by atoms with Crippen molar-refractivity contribution in [1.29, 1.82) is 5.26 Å². The maximum absolute atomic E-state index is 8.76. The average Bonchev–Trinajstić information content (AvgIpc) is 3.13. The SMILES string of the molecule is N#CC=Cc1cnc(NCc2ccccc2)nc1NC1CCCC1. The largest absolute Gasteiger partial charge is 0.367 e. The number of benzene rings is 1. The van der Waals surface area contributed by atoms with Crippen molar-refractivity contribution in [3.05, 3.63) is 53.7 Å². The van der Waals surface area contributed by atoms with Gasteiger partial charge in [0.2, 0.25) is 5.95 Å². The van der Waals surface area contributed by atoms with Crippen molar-refractivity contribution in [3.8, 4) is 6.07 Å². The molecule has 1 aromatic carbocycles. The first-order chi connectivity index (χ1) is 11.8. The van der Waals surface area contributed by atoms with Crippen LogP contribution in [0, 0.1) is 11.3 Å². The van der Waals surface area contributed by atoms with Gasteiger partial charge >= 0.3 is 0 Å². The van der Waals surface area contributed by atoms with Gasteiger partial charge in [-0.3, -0.25) is 0 Å². The molecule has 1 saturated carbocycles. The lowest BCUT2D eigenvalue weighted by atomic mass is 10.2. The van der Waals surface area contributed by atoms with Crippen LogP contribution < -0.4 is 10.6 Å². The summed E-state index contributed by atoms with van der Waals surface area (Å²) in [5.41, 5.74) is 2.02. The summed E-state index contributed by atoms with van der Waals surface area (Å²) in [7, 11) is 0. The summed E-state index contributed by atoms with van der Waals surface area (Å²) in [6.07, 6.45) is 9.80. The van der Waals surface area contributed by atoms with Crippen LogP contribution in [0.1, 0.15) is 36.8 Å². The molecule has 1 aromatic heterocycles. The van der Waals surface area contributed by atoms with E-state index in [1.165, 1.54) is 24.5 Å². The lowest BCUT2D eigenvalue weighted by molar-refractivity contribution is 0.749. The van der Waals surface area contributed by atoms with E-state index in [0.717, 1.165) is 24.2 Å². The topological polar surface area (TPSA) is 73.6 Å². The van der Waals surface area contributed by atoms with Crippen LogP contribution in [-0.4, -0.2) is 16.0 Å². The summed E-state index contributed by atoms with van der Waals surface area (Å²) >= 11 is 0. The van der Waals surface area contributed by atoms with E-state index in [0.29, 0.717) is 18.5 Å². The third kappa shape index (κ3) is 4.32. The minimum Gasteiger partial charge on any atom is -0.367 e. The Balaban J connectivity index is 1.75. The van der Waals surface area contributed by atoms with Gasteiger partial charge in [0.15, 0.2) is 0 Å². The van der Waals surface area contributed by atoms with Crippen LogP contribution in [0.15, 0.2) is 42.6 Å². The molecule has 0 unspecified atom stereocenters. The monoisotopic (exact) mass is 319 g/mol. The number of rotatable bonds is 6. The van der Waals surface area contributed by atoms with E-state index in [-0.39, 0.29) is 0 Å². The molecule has 122 valence electrons. The molecular formula is C19H21N5. The molecular weight excluding hydrogens is 298 g/mol. The fraction of sp³-hybridized carbons (Fsp3) is 0.316. The minimum atomic E-state index is 0.455. The van der Waals surface area contributed by atoms with E-state index < -0.39 is 0 Å². The van der Waals surface area contributed by atoms with Gasteiger partial charge in [-0.25, -0.2) is 4.98 Å². The zero-order valence-corrected chi connectivity index (χ0v) is 13.6. The number of hydrogen-bond donors (Lipinski definition) is 2. The lowest BCUT2D eigenvalue weighted by Crippen LogP contribution is -2.17. The minimum absolute atomic E-state index is 0.455. The Kier molecular flexibility index (Phi) is 5.41. The molecule has 2 aromatic rings. The van der Waals surface area contributed by atoms with Crippen molar-refractivity contribution in [1.82, 2.24) is 9.97 Å². The zero-order chi connectivity index (χ0) is 16.6. The summed E-state index contributed by atoms with van der Waals surface area (Å²) in [6, 6.07) is 12.6. The van der Waals surface area contributed by atoms with Gasteiger partial charge in [0, 0.05) is 30.4 Å². The number of nitrogens with zero attached hydrogens (tertiary/aromatic N) is 3. The van der Waals surface area contributed by atoms with E-state index in [2.05, 4.69) is 32.7 Å². The van der Waals surface area contributed by atoms with Crippen LogP contribution in [-0.2, 0) is 6.54 Å². The molecule has 5 heteroatoms. The maximum atomic E-state index is 8.76. The molecule has 1 aliphatic carbocycles. The molecule has 1 heterocycles. The molecule has 0 saturated heterocycles. The predicted molar refractivity (Wildman–Crippen MR) is 96.3 cm³/mol. The first-order valence-corrected chi connectivity index (χ1v) is 8.32. The lowest BCUT2D eigenvalue weighted by Gasteiger charge is -2.15. The van der Waals surface area contributed by atoms with Gasteiger partial charge in [0.25, 0.3) is 0 Å². The second-order valence-corrected chi connectivity index (χ2v) is 5.92. The van der Waals surface area contributed by atoms with E-state index in [9.17, 15) is 0 Å². The Morgan fingerprint density at radius 3 is 2.75 bits per heavy atom. The van der Waals surface area contributed by atoms with Gasteiger partial charge in [-0.15, -0.1) is 0 Å². The van der Waals surface area contributed by atoms with Crippen LogP contribution in [0.25, 0.3) is 6.08 Å². The van der Waals surface area contributed by atoms with Crippen LogP contribution in [0.5, 0.6) is 0 Å². The van der Waals surface area contributed by atoms with Crippen LogP contribution in [0.4, 0.5) is 11.8 Å².